The second-order valence-electron chi connectivity index (χ2n) is 5.93. The number of morpholine rings is 1. The Kier molecular flexibility index (Phi) is 5.62. The standard InChI is InChI=1S/C16H23ClN2O2/c1-11-8-19(9-12(2)21-11)10-16(20)18-13(3)14-4-6-15(17)7-5-14/h4-7,11-13H,8-10H2,1-3H3,(H,18,20)/p+1/t11-,12-,13+/m1/s1. The summed E-state index contributed by atoms with van der Waals surface area (Å²) in [6.45, 7) is 8.37. The summed E-state index contributed by atoms with van der Waals surface area (Å²) >= 11 is 5.88. The van der Waals surface area contributed by atoms with Gasteiger partial charge in [0.15, 0.2) is 6.54 Å². The molecule has 1 aromatic carbocycles. The van der Waals surface area contributed by atoms with Crippen molar-refractivity contribution in [2.24, 2.45) is 0 Å². The number of nitrogens with one attached hydrogen (secondary N) is 2. The Balaban J connectivity index is 1.85. The van der Waals surface area contributed by atoms with E-state index < -0.39 is 0 Å². The maximum absolute atomic E-state index is 12.2. The van der Waals surface area contributed by atoms with Gasteiger partial charge in [-0.2, -0.15) is 0 Å². The van der Waals surface area contributed by atoms with Gasteiger partial charge in [0.05, 0.1) is 6.04 Å². The summed E-state index contributed by atoms with van der Waals surface area (Å²) in [6.07, 6.45) is 0.426. The lowest BCUT2D eigenvalue weighted by molar-refractivity contribution is -0.907. The van der Waals surface area contributed by atoms with Gasteiger partial charge in [-0.25, -0.2) is 0 Å². The Hall–Kier alpha value is -1.10. The van der Waals surface area contributed by atoms with Crippen LogP contribution in [0.1, 0.15) is 32.4 Å². The number of ether oxygens (including phenoxy) is 1. The van der Waals surface area contributed by atoms with Crippen LogP contribution in [0.5, 0.6) is 0 Å². The number of amides is 1. The number of carbonyl (C=O) groups is 1. The summed E-state index contributed by atoms with van der Waals surface area (Å²) in [7, 11) is 0. The van der Waals surface area contributed by atoms with Crippen molar-refractivity contribution in [1.29, 1.82) is 0 Å². The van der Waals surface area contributed by atoms with Crippen LogP contribution >= 0.6 is 11.6 Å². The average Bonchev–Trinajstić information content (AvgIpc) is 2.37. The molecule has 116 valence electrons. The van der Waals surface area contributed by atoms with E-state index in [0.717, 1.165) is 18.7 Å². The highest BCUT2D eigenvalue weighted by Gasteiger charge is 2.27. The molecule has 1 saturated heterocycles. The molecule has 4 nitrogen and oxygen atoms in total. The predicted octanol–water partition coefficient (Wildman–Crippen LogP) is 1.21. The second-order valence-corrected chi connectivity index (χ2v) is 6.37. The highest BCUT2D eigenvalue weighted by atomic mass is 35.5. The van der Waals surface area contributed by atoms with Crippen molar-refractivity contribution in [3.8, 4) is 0 Å². The highest BCUT2D eigenvalue weighted by molar-refractivity contribution is 6.30. The first-order valence-electron chi connectivity index (χ1n) is 7.48. The number of benzene rings is 1. The molecule has 3 atom stereocenters. The van der Waals surface area contributed by atoms with Crippen molar-refractivity contribution in [3.05, 3.63) is 34.9 Å². The quantitative estimate of drug-likeness (QED) is 0.878. The Morgan fingerprint density at radius 2 is 1.90 bits per heavy atom. The summed E-state index contributed by atoms with van der Waals surface area (Å²) < 4.78 is 5.69. The number of hydrogen-bond acceptors (Lipinski definition) is 2. The van der Waals surface area contributed by atoms with E-state index >= 15 is 0 Å². The van der Waals surface area contributed by atoms with Gasteiger partial charge in [-0.15, -0.1) is 0 Å². The first-order valence-corrected chi connectivity index (χ1v) is 7.85. The molecular weight excluding hydrogens is 288 g/mol. The molecule has 0 radical (unpaired) electrons. The largest absolute Gasteiger partial charge is 0.364 e. The van der Waals surface area contributed by atoms with E-state index in [0.29, 0.717) is 11.6 Å². The number of rotatable bonds is 4. The average molecular weight is 312 g/mol. The molecule has 21 heavy (non-hydrogen) atoms. The third-order valence-electron chi connectivity index (χ3n) is 3.77. The maximum Gasteiger partial charge on any atom is 0.275 e. The SMILES string of the molecule is C[C@@H]1C[NH+](CC(=O)N[C@@H](C)c2ccc(Cl)cc2)C[C@@H](C)O1. The van der Waals surface area contributed by atoms with Gasteiger partial charge < -0.3 is 15.0 Å². The molecule has 1 heterocycles. The number of hydrogen-bond donors (Lipinski definition) is 2. The molecular formula is C16H24ClN2O2+. The van der Waals surface area contributed by atoms with Gasteiger partial charge in [0.1, 0.15) is 25.3 Å². The minimum atomic E-state index is -0.00921. The van der Waals surface area contributed by atoms with E-state index in [4.69, 9.17) is 16.3 Å². The molecule has 2 rings (SSSR count). The minimum absolute atomic E-state index is 0.00921. The molecule has 0 aromatic heterocycles. The van der Waals surface area contributed by atoms with Gasteiger partial charge in [-0.3, -0.25) is 4.79 Å². The van der Waals surface area contributed by atoms with Crippen LogP contribution in [0.15, 0.2) is 24.3 Å². The molecule has 1 aliphatic heterocycles. The molecule has 5 heteroatoms. The summed E-state index contributed by atoms with van der Waals surface area (Å²) in [5.74, 6) is 0.0775. The Morgan fingerprint density at radius 3 is 2.48 bits per heavy atom. The van der Waals surface area contributed by atoms with Crippen molar-refractivity contribution in [1.82, 2.24) is 5.32 Å². The van der Waals surface area contributed by atoms with E-state index in [1.165, 1.54) is 4.90 Å². The third kappa shape index (κ3) is 4.99. The van der Waals surface area contributed by atoms with Crippen LogP contribution in [0.4, 0.5) is 0 Å². The summed E-state index contributed by atoms with van der Waals surface area (Å²) in [4.78, 5) is 13.5. The summed E-state index contributed by atoms with van der Waals surface area (Å²) in [5, 5.41) is 3.76. The van der Waals surface area contributed by atoms with Gasteiger partial charge in [0.25, 0.3) is 5.91 Å². The van der Waals surface area contributed by atoms with E-state index in [1.807, 2.05) is 31.2 Å². The van der Waals surface area contributed by atoms with Crippen molar-refractivity contribution in [3.63, 3.8) is 0 Å². The lowest BCUT2D eigenvalue weighted by Crippen LogP contribution is -3.16. The number of carbonyl (C=O) groups excluding carboxylic acids is 1. The van der Waals surface area contributed by atoms with Crippen molar-refractivity contribution < 1.29 is 14.4 Å². The van der Waals surface area contributed by atoms with Gasteiger partial charge in [-0.05, 0) is 38.5 Å². The smallest absolute Gasteiger partial charge is 0.275 e. The van der Waals surface area contributed by atoms with Crippen LogP contribution in [0.2, 0.25) is 5.02 Å². The Bertz CT molecular complexity index is 468. The van der Waals surface area contributed by atoms with Crippen molar-refractivity contribution in [2.45, 2.75) is 39.0 Å². The lowest BCUT2D eigenvalue weighted by atomic mass is 10.1. The molecule has 0 bridgehead atoms. The third-order valence-corrected chi connectivity index (χ3v) is 4.03. The van der Waals surface area contributed by atoms with Crippen LogP contribution in [-0.4, -0.2) is 37.7 Å². The van der Waals surface area contributed by atoms with Crippen LogP contribution in [0, 0.1) is 0 Å². The van der Waals surface area contributed by atoms with E-state index in [1.54, 1.807) is 0 Å². The van der Waals surface area contributed by atoms with Crippen molar-refractivity contribution in [2.75, 3.05) is 19.6 Å². The zero-order chi connectivity index (χ0) is 15.4. The summed E-state index contributed by atoms with van der Waals surface area (Å²) in [6, 6.07) is 7.56. The molecule has 1 fully saturated rings. The topological polar surface area (TPSA) is 42.8 Å². The normalized spacial score (nSPS) is 27.1. The molecule has 0 aliphatic carbocycles. The maximum atomic E-state index is 12.2. The first-order chi connectivity index (χ1) is 9.94. The molecule has 0 unspecified atom stereocenters. The van der Waals surface area contributed by atoms with Gasteiger partial charge in [-0.1, -0.05) is 23.7 Å². The van der Waals surface area contributed by atoms with Crippen LogP contribution in [0.25, 0.3) is 0 Å². The first kappa shape index (κ1) is 16.3. The highest BCUT2D eigenvalue weighted by Crippen LogP contribution is 2.15. The Labute approximate surface area is 131 Å². The van der Waals surface area contributed by atoms with Crippen molar-refractivity contribution >= 4 is 17.5 Å². The molecule has 0 saturated carbocycles. The summed E-state index contributed by atoms with van der Waals surface area (Å²) in [5.41, 5.74) is 1.06. The predicted molar refractivity (Wildman–Crippen MR) is 83.6 cm³/mol. The minimum Gasteiger partial charge on any atom is -0.364 e. The fraction of sp³-hybridized carbons (Fsp3) is 0.562. The zero-order valence-corrected chi connectivity index (χ0v) is 13.6. The number of halogens is 1. The Morgan fingerprint density at radius 1 is 1.33 bits per heavy atom. The van der Waals surface area contributed by atoms with Gasteiger partial charge in [0.2, 0.25) is 0 Å². The molecule has 1 aromatic rings. The van der Waals surface area contributed by atoms with Gasteiger partial charge in [0, 0.05) is 5.02 Å². The van der Waals surface area contributed by atoms with Crippen LogP contribution < -0.4 is 10.2 Å². The van der Waals surface area contributed by atoms with Crippen LogP contribution in [-0.2, 0) is 9.53 Å². The van der Waals surface area contributed by atoms with Gasteiger partial charge >= 0.3 is 0 Å². The lowest BCUT2D eigenvalue weighted by Gasteiger charge is -2.32. The fourth-order valence-electron chi connectivity index (χ4n) is 2.89. The molecule has 2 N–H and O–H groups in total. The van der Waals surface area contributed by atoms with Crippen LogP contribution in [0.3, 0.4) is 0 Å². The fourth-order valence-corrected chi connectivity index (χ4v) is 3.01. The molecule has 1 aliphatic rings. The van der Waals surface area contributed by atoms with E-state index in [2.05, 4.69) is 19.2 Å². The van der Waals surface area contributed by atoms with E-state index in [9.17, 15) is 4.79 Å². The zero-order valence-electron chi connectivity index (χ0n) is 12.9. The molecule has 1 amide bonds. The van der Waals surface area contributed by atoms with E-state index in [-0.39, 0.29) is 24.2 Å². The molecule has 0 spiro atoms. The second kappa shape index (κ2) is 7.25. The monoisotopic (exact) mass is 311 g/mol. The number of quaternary nitrogens is 1.